The van der Waals surface area contributed by atoms with Crippen molar-refractivity contribution in [2.24, 2.45) is 0 Å². The number of fused-ring (bicyclic) bond motifs is 1. The van der Waals surface area contributed by atoms with E-state index in [0.717, 1.165) is 30.8 Å². The third-order valence-electron chi connectivity index (χ3n) is 3.09. The van der Waals surface area contributed by atoms with Crippen molar-refractivity contribution in [3.63, 3.8) is 0 Å². The van der Waals surface area contributed by atoms with E-state index in [4.69, 9.17) is 5.11 Å². The molecule has 94 valence electrons. The molecule has 1 unspecified atom stereocenters. The molecule has 0 saturated carbocycles. The highest BCUT2D eigenvalue weighted by Gasteiger charge is 2.14. The van der Waals surface area contributed by atoms with Gasteiger partial charge >= 0.3 is 0 Å². The van der Waals surface area contributed by atoms with Crippen LogP contribution in [0.1, 0.15) is 30.5 Å². The van der Waals surface area contributed by atoms with E-state index in [-0.39, 0.29) is 6.61 Å². The molecule has 1 atom stereocenters. The van der Waals surface area contributed by atoms with Gasteiger partial charge in [0.25, 0.3) is 0 Å². The molecule has 5 heteroatoms. The van der Waals surface area contributed by atoms with E-state index in [1.807, 2.05) is 0 Å². The highest BCUT2D eigenvalue weighted by Crippen LogP contribution is 2.23. The van der Waals surface area contributed by atoms with Crippen molar-refractivity contribution in [2.75, 3.05) is 18.5 Å². The van der Waals surface area contributed by atoms with Crippen LogP contribution in [0.25, 0.3) is 0 Å². The first-order chi connectivity index (χ1) is 8.31. The number of hydrogen-bond acceptors (Lipinski definition) is 5. The van der Waals surface area contributed by atoms with Crippen molar-refractivity contribution in [2.45, 2.75) is 38.2 Å². The number of rotatable bonds is 4. The third kappa shape index (κ3) is 3.14. The molecule has 0 amide bonds. The molecule has 17 heavy (non-hydrogen) atoms. The van der Waals surface area contributed by atoms with E-state index in [1.165, 1.54) is 18.4 Å². The third-order valence-corrected chi connectivity index (χ3v) is 3.09. The summed E-state index contributed by atoms with van der Waals surface area (Å²) in [5.41, 5.74) is 2.30. The molecule has 1 aromatic heterocycles. The summed E-state index contributed by atoms with van der Waals surface area (Å²) in [7, 11) is 0. The standard InChI is InChI=1S/C12H19N3O2/c16-7-9(17)6-13-12-10-4-2-1-3-5-11(10)14-8-15-12/h8-9,16-17H,1-7H2,(H,13,14,15). The number of aryl methyl sites for hydroxylation is 1. The summed E-state index contributed by atoms with van der Waals surface area (Å²) in [6.07, 6.45) is 6.40. The van der Waals surface area contributed by atoms with Crippen LogP contribution in [-0.4, -0.2) is 39.4 Å². The maximum atomic E-state index is 9.32. The maximum absolute atomic E-state index is 9.32. The summed E-state index contributed by atoms with van der Waals surface area (Å²) >= 11 is 0. The molecule has 1 aliphatic carbocycles. The van der Waals surface area contributed by atoms with Gasteiger partial charge in [0.2, 0.25) is 0 Å². The van der Waals surface area contributed by atoms with E-state index in [0.29, 0.717) is 6.54 Å². The molecule has 0 aliphatic heterocycles. The number of nitrogens with one attached hydrogen (secondary N) is 1. The molecular weight excluding hydrogens is 218 g/mol. The Morgan fingerprint density at radius 2 is 2.06 bits per heavy atom. The minimum atomic E-state index is -0.744. The van der Waals surface area contributed by atoms with Crippen LogP contribution < -0.4 is 5.32 Å². The number of hydrogen-bond donors (Lipinski definition) is 3. The largest absolute Gasteiger partial charge is 0.394 e. The van der Waals surface area contributed by atoms with Crippen molar-refractivity contribution in [1.82, 2.24) is 9.97 Å². The molecule has 5 nitrogen and oxygen atoms in total. The average Bonchev–Trinajstić information content (AvgIpc) is 2.61. The van der Waals surface area contributed by atoms with Crippen molar-refractivity contribution in [3.05, 3.63) is 17.6 Å². The first kappa shape index (κ1) is 12.3. The number of nitrogens with zero attached hydrogens (tertiary/aromatic N) is 2. The molecule has 1 aliphatic rings. The minimum absolute atomic E-state index is 0.236. The van der Waals surface area contributed by atoms with E-state index in [1.54, 1.807) is 6.33 Å². The first-order valence-corrected chi connectivity index (χ1v) is 6.17. The Hall–Kier alpha value is -1.20. The highest BCUT2D eigenvalue weighted by molar-refractivity contribution is 5.46. The lowest BCUT2D eigenvalue weighted by Crippen LogP contribution is -2.24. The van der Waals surface area contributed by atoms with Crippen molar-refractivity contribution >= 4 is 5.82 Å². The molecular formula is C12H19N3O2. The van der Waals surface area contributed by atoms with Crippen LogP contribution >= 0.6 is 0 Å². The summed E-state index contributed by atoms with van der Waals surface area (Å²) in [5, 5.41) is 21.2. The lowest BCUT2D eigenvalue weighted by Gasteiger charge is -2.14. The van der Waals surface area contributed by atoms with Crippen molar-refractivity contribution in [1.29, 1.82) is 0 Å². The molecule has 0 spiro atoms. The van der Waals surface area contributed by atoms with Gasteiger partial charge < -0.3 is 15.5 Å². The molecule has 0 fully saturated rings. The van der Waals surface area contributed by atoms with Gasteiger partial charge in [0.1, 0.15) is 12.1 Å². The summed E-state index contributed by atoms with van der Waals surface area (Å²) in [5.74, 6) is 0.810. The number of aromatic nitrogens is 2. The fourth-order valence-corrected chi connectivity index (χ4v) is 2.13. The van der Waals surface area contributed by atoms with Gasteiger partial charge in [-0.05, 0) is 25.7 Å². The zero-order chi connectivity index (χ0) is 12.1. The van der Waals surface area contributed by atoms with Gasteiger partial charge in [-0.25, -0.2) is 9.97 Å². The minimum Gasteiger partial charge on any atom is -0.394 e. The van der Waals surface area contributed by atoms with Gasteiger partial charge in [-0.15, -0.1) is 0 Å². The van der Waals surface area contributed by atoms with Gasteiger partial charge in [-0.1, -0.05) is 6.42 Å². The Kier molecular flexibility index (Phi) is 4.28. The first-order valence-electron chi connectivity index (χ1n) is 6.17. The van der Waals surface area contributed by atoms with Crippen molar-refractivity contribution in [3.8, 4) is 0 Å². The van der Waals surface area contributed by atoms with Crippen LogP contribution in [-0.2, 0) is 12.8 Å². The van der Waals surface area contributed by atoms with E-state index in [9.17, 15) is 5.11 Å². The van der Waals surface area contributed by atoms with Crippen molar-refractivity contribution < 1.29 is 10.2 Å². The second-order valence-electron chi connectivity index (χ2n) is 4.43. The summed E-state index contributed by atoms with van der Waals surface area (Å²) in [6.45, 7) is 0.0836. The Labute approximate surface area is 101 Å². The fraction of sp³-hybridized carbons (Fsp3) is 0.667. The van der Waals surface area contributed by atoms with Crippen LogP contribution in [0, 0.1) is 0 Å². The zero-order valence-corrected chi connectivity index (χ0v) is 9.89. The number of aliphatic hydroxyl groups excluding tert-OH is 2. The van der Waals surface area contributed by atoms with Crippen LogP contribution in [0.2, 0.25) is 0 Å². The van der Waals surface area contributed by atoms with Gasteiger partial charge in [-0.3, -0.25) is 0 Å². The van der Waals surface area contributed by atoms with Gasteiger partial charge in [0, 0.05) is 17.8 Å². The molecule has 2 rings (SSSR count). The van der Waals surface area contributed by atoms with Crippen LogP contribution in [0.3, 0.4) is 0 Å². The van der Waals surface area contributed by atoms with Gasteiger partial charge in [0.15, 0.2) is 0 Å². The second-order valence-corrected chi connectivity index (χ2v) is 4.43. The predicted molar refractivity (Wildman–Crippen MR) is 64.9 cm³/mol. The molecule has 1 aromatic rings. The quantitative estimate of drug-likeness (QED) is 0.665. The zero-order valence-electron chi connectivity index (χ0n) is 9.89. The lowest BCUT2D eigenvalue weighted by molar-refractivity contribution is 0.105. The summed E-state index contributed by atoms with van der Waals surface area (Å²) in [4.78, 5) is 8.55. The molecule has 0 saturated heterocycles. The Morgan fingerprint density at radius 3 is 2.88 bits per heavy atom. The van der Waals surface area contributed by atoms with E-state index < -0.39 is 6.10 Å². The summed E-state index contributed by atoms with van der Waals surface area (Å²) < 4.78 is 0. The fourth-order valence-electron chi connectivity index (χ4n) is 2.13. The molecule has 3 N–H and O–H groups in total. The summed E-state index contributed by atoms with van der Waals surface area (Å²) in [6, 6.07) is 0. The SMILES string of the molecule is OCC(O)CNc1ncnc2c1CCCCC2. The highest BCUT2D eigenvalue weighted by atomic mass is 16.3. The van der Waals surface area contributed by atoms with Gasteiger partial charge in [0.05, 0.1) is 12.7 Å². The smallest absolute Gasteiger partial charge is 0.132 e. The Balaban J connectivity index is 2.11. The maximum Gasteiger partial charge on any atom is 0.132 e. The normalized spacial score (nSPS) is 17.1. The van der Waals surface area contributed by atoms with Crippen LogP contribution in [0.15, 0.2) is 6.33 Å². The lowest BCUT2D eigenvalue weighted by atomic mass is 10.1. The molecule has 0 radical (unpaired) electrons. The molecule has 0 bridgehead atoms. The van der Waals surface area contributed by atoms with Crippen LogP contribution in [0.5, 0.6) is 0 Å². The molecule has 1 heterocycles. The topological polar surface area (TPSA) is 78.3 Å². The average molecular weight is 237 g/mol. The van der Waals surface area contributed by atoms with Gasteiger partial charge in [-0.2, -0.15) is 0 Å². The predicted octanol–water partition coefficient (Wildman–Crippen LogP) is 0.511. The molecule has 0 aromatic carbocycles. The number of anilines is 1. The van der Waals surface area contributed by atoms with Crippen LogP contribution in [0.4, 0.5) is 5.82 Å². The Morgan fingerprint density at radius 1 is 1.24 bits per heavy atom. The van der Waals surface area contributed by atoms with E-state index in [2.05, 4.69) is 15.3 Å². The monoisotopic (exact) mass is 237 g/mol. The number of aliphatic hydroxyl groups is 2. The second kappa shape index (κ2) is 5.93. The Bertz CT molecular complexity index is 371. The van der Waals surface area contributed by atoms with E-state index >= 15 is 0 Å².